The van der Waals surface area contributed by atoms with Gasteiger partial charge in [-0.1, -0.05) is 41.0 Å². The third-order valence-electron chi connectivity index (χ3n) is 2.58. The van der Waals surface area contributed by atoms with Crippen LogP contribution in [-0.4, -0.2) is 13.2 Å². The highest BCUT2D eigenvalue weighted by molar-refractivity contribution is 5.65. The Morgan fingerprint density at radius 1 is 1.25 bits per heavy atom. The number of nitrogens with zero attached hydrogens (tertiary/aromatic N) is 3. The Hall–Kier alpha value is -1.77. The topological polar surface area (TPSA) is 58.0 Å². The van der Waals surface area contributed by atoms with Crippen LogP contribution in [0.2, 0.25) is 0 Å². The number of hydrogen-bond acceptors (Lipinski definition) is 2. The van der Waals surface area contributed by atoms with Crippen LogP contribution in [0, 0.1) is 0 Å². The van der Waals surface area contributed by atoms with E-state index in [0.29, 0.717) is 5.69 Å². The van der Waals surface area contributed by atoms with Crippen molar-refractivity contribution in [2.75, 3.05) is 13.2 Å². The molecule has 16 heavy (non-hydrogen) atoms. The highest BCUT2D eigenvalue weighted by Crippen LogP contribution is 2.24. The fourth-order valence-corrected chi connectivity index (χ4v) is 1.75. The maximum atomic E-state index is 8.47. The molecule has 0 unspecified atom stereocenters. The summed E-state index contributed by atoms with van der Waals surface area (Å²) in [5.74, 6) is 0. The van der Waals surface area contributed by atoms with Crippen LogP contribution in [-0.2, 0) is 4.74 Å². The van der Waals surface area contributed by atoms with E-state index in [1.54, 1.807) is 0 Å². The van der Waals surface area contributed by atoms with Gasteiger partial charge in [-0.25, -0.2) is 0 Å². The van der Waals surface area contributed by atoms with Crippen LogP contribution in [0.15, 0.2) is 35.0 Å². The molecule has 0 amide bonds. The molecule has 1 fully saturated rings. The van der Waals surface area contributed by atoms with Crippen LogP contribution in [0.4, 0.5) is 5.69 Å². The lowest BCUT2D eigenvalue weighted by Crippen LogP contribution is -2.06. The molecule has 0 aliphatic carbocycles. The molecular weight excluding hydrogens is 202 g/mol. The van der Waals surface area contributed by atoms with E-state index in [1.165, 1.54) is 5.57 Å². The van der Waals surface area contributed by atoms with Crippen LogP contribution in [0.3, 0.4) is 0 Å². The zero-order chi connectivity index (χ0) is 11.2. The largest absolute Gasteiger partial charge is 0.381 e. The smallest absolute Gasteiger partial charge is 0.0503 e. The minimum absolute atomic E-state index is 0.684. The van der Waals surface area contributed by atoms with Crippen molar-refractivity contribution in [2.24, 2.45) is 5.11 Å². The van der Waals surface area contributed by atoms with E-state index in [9.17, 15) is 0 Å². The molecule has 0 atom stereocenters. The summed E-state index contributed by atoms with van der Waals surface area (Å²) in [7, 11) is 0. The molecule has 0 N–H and O–H groups in total. The lowest BCUT2D eigenvalue weighted by Gasteiger charge is -2.14. The van der Waals surface area contributed by atoms with E-state index in [-0.39, 0.29) is 0 Å². The Morgan fingerprint density at radius 3 is 2.75 bits per heavy atom. The van der Waals surface area contributed by atoms with Gasteiger partial charge in [0.15, 0.2) is 0 Å². The first-order chi connectivity index (χ1) is 7.90. The van der Waals surface area contributed by atoms with Gasteiger partial charge in [0.1, 0.15) is 0 Å². The number of hydrogen-bond donors (Lipinski definition) is 0. The Morgan fingerprint density at radius 2 is 2.00 bits per heavy atom. The molecule has 0 spiro atoms. The second kappa shape index (κ2) is 5.35. The maximum absolute atomic E-state index is 8.47. The van der Waals surface area contributed by atoms with Crippen molar-refractivity contribution in [3.8, 4) is 0 Å². The summed E-state index contributed by atoms with van der Waals surface area (Å²) in [5, 5.41) is 3.68. The number of azide groups is 1. The number of benzene rings is 1. The standard InChI is InChI=1S/C12H13N3O/c13-15-14-12-4-2-1-3-11(12)9-10-5-7-16-8-6-10/h1-4,9H,5-8H2. The molecule has 1 aromatic rings. The Kier molecular flexibility index (Phi) is 3.59. The molecule has 0 radical (unpaired) electrons. The molecule has 0 bridgehead atoms. The molecule has 1 aliphatic rings. The average molecular weight is 215 g/mol. The molecule has 1 heterocycles. The number of ether oxygens (including phenoxy) is 1. The van der Waals surface area contributed by atoms with Crippen LogP contribution in [0.1, 0.15) is 18.4 Å². The highest BCUT2D eigenvalue weighted by atomic mass is 16.5. The fraction of sp³-hybridized carbons (Fsp3) is 0.333. The van der Waals surface area contributed by atoms with Gasteiger partial charge in [-0.05, 0) is 23.9 Å². The van der Waals surface area contributed by atoms with Crippen molar-refractivity contribution >= 4 is 11.8 Å². The molecule has 4 nitrogen and oxygen atoms in total. The van der Waals surface area contributed by atoms with Gasteiger partial charge < -0.3 is 4.74 Å². The van der Waals surface area contributed by atoms with Crippen molar-refractivity contribution in [3.63, 3.8) is 0 Å². The molecule has 1 saturated heterocycles. The first kappa shape index (κ1) is 10.7. The van der Waals surface area contributed by atoms with Crippen LogP contribution < -0.4 is 0 Å². The first-order valence-electron chi connectivity index (χ1n) is 5.31. The Balaban J connectivity index is 2.28. The zero-order valence-corrected chi connectivity index (χ0v) is 8.97. The summed E-state index contributed by atoms with van der Waals surface area (Å²) in [6.45, 7) is 1.57. The molecule has 4 heteroatoms. The van der Waals surface area contributed by atoms with Gasteiger partial charge in [-0.15, -0.1) is 0 Å². The summed E-state index contributed by atoms with van der Waals surface area (Å²) in [6, 6.07) is 7.61. The first-order valence-corrected chi connectivity index (χ1v) is 5.31. The van der Waals surface area contributed by atoms with Gasteiger partial charge in [0.2, 0.25) is 0 Å². The number of rotatable bonds is 2. The lowest BCUT2D eigenvalue weighted by molar-refractivity contribution is 0.119. The monoisotopic (exact) mass is 215 g/mol. The Bertz CT molecular complexity index is 439. The van der Waals surface area contributed by atoms with Crippen LogP contribution in [0.5, 0.6) is 0 Å². The molecule has 2 rings (SSSR count). The molecule has 0 saturated carbocycles. The third kappa shape index (κ3) is 2.63. The predicted octanol–water partition coefficient (Wildman–Crippen LogP) is 3.82. The van der Waals surface area contributed by atoms with Gasteiger partial charge in [-0.2, -0.15) is 0 Å². The minimum atomic E-state index is 0.684. The molecule has 0 aromatic heterocycles. The molecule has 1 aliphatic heterocycles. The summed E-state index contributed by atoms with van der Waals surface area (Å²) in [4.78, 5) is 2.83. The van der Waals surface area contributed by atoms with Gasteiger partial charge in [0, 0.05) is 10.6 Å². The lowest BCUT2D eigenvalue weighted by atomic mass is 10.0. The van der Waals surface area contributed by atoms with Crippen molar-refractivity contribution in [2.45, 2.75) is 12.8 Å². The van der Waals surface area contributed by atoms with Gasteiger partial charge in [-0.3, -0.25) is 0 Å². The van der Waals surface area contributed by atoms with Crippen LogP contribution >= 0.6 is 0 Å². The predicted molar refractivity (Wildman–Crippen MR) is 63.3 cm³/mol. The Labute approximate surface area is 94.2 Å². The van der Waals surface area contributed by atoms with Crippen molar-refractivity contribution < 1.29 is 4.74 Å². The summed E-state index contributed by atoms with van der Waals surface area (Å²) in [5.41, 5.74) is 11.5. The second-order valence-corrected chi connectivity index (χ2v) is 3.66. The van der Waals surface area contributed by atoms with Crippen molar-refractivity contribution in [3.05, 3.63) is 45.8 Å². The van der Waals surface area contributed by atoms with E-state index in [0.717, 1.165) is 31.6 Å². The fourth-order valence-electron chi connectivity index (χ4n) is 1.75. The van der Waals surface area contributed by atoms with E-state index in [2.05, 4.69) is 16.1 Å². The quantitative estimate of drug-likeness (QED) is 0.420. The normalized spacial score (nSPS) is 15.4. The highest BCUT2D eigenvalue weighted by Gasteiger charge is 2.06. The van der Waals surface area contributed by atoms with Crippen LogP contribution in [0.25, 0.3) is 16.5 Å². The van der Waals surface area contributed by atoms with E-state index in [4.69, 9.17) is 10.3 Å². The van der Waals surface area contributed by atoms with Crippen molar-refractivity contribution in [1.29, 1.82) is 0 Å². The van der Waals surface area contributed by atoms with E-state index in [1.807, 2.05) is 24.3 Å². The van der Waals surface area contributed by atoms with E-state index < -0.39 is 0 Å². The van der Waals surface area contributed by atoms with E-state index >= 15 is 0 Å². The second-order valence-electron chi connectivity index (χ2n) is 3.66. The molecule has 82 valence electrons. The zero-order valence-electron chi connectivity index (χ0n) is 8.97. The van der Waals surface area contributed by atoms with Gasteiger partial charge in [0.05, 0.1) is 13.2 Å². The summed E-state index contributed by atoms with van der Waals surface area (Å²) < 4.78 is 5.29. The third-order valence-corrected chi connectivity index (χ3v) is 2.58. The minimum Gasteiger partial charge on any atom is -0.381 e. The summed E-state index contributed by atoms with van der Waals surface area (Å²) in [6.07, 6.45) is 4.03. The average Bonchev–Trinajstić information content (AvgIpc) is 2.33. The summed E-state index contributed by atoms with van der Waals surface area (Å²) >= 11 is 0. The maximum Gasteiger partial charge on any atom is 0.0503 e. The SMILES string of the molecule is [N-]=[N+]=Nc1ccccc1C=C1CCOCC1. The van der Waals surface area contributed by atoms with Gasteiger partial charge >= 0.3 is 0 Å². The molecule has 1 aromatic carbocycles. The molecular formula is C12H13N3O. The van der Waals surface area contributed by atoms with Gasteiger partial charge in [0.25, 0.3) is 0 Å². The van der Waals surface area contributed by atoms with Crippen molar-refractivity contribution in [1.82, 2.24) is 0 Å².